The van der Waals surface area contributed by atoms with Crippen molar-refractivity contribution in [3.8, 4) is 10.6 Å². The average Bonchev–Trinajstić information content (AvgIpc) is 3.44. The van der Waals surface area contributed by atoms with Crippen LogP contribution in [-0.4, -0.2) is 50.8 Å². The summed E-state index contributed by atoms with van der Waals surface area (Å²) < 4.78 is 0. The van der Waals surface area contributed by atoms with E-state index < -0.39 is 6.03 Å². The van der Waals surface area contributed by atoms with Crippen molar-refractivity contribution in [2.45, 2.75) is 13.3 Å². The molecule has 1 N–H and O–H groups in total. The smallest absolute Gasteiger partial charge is 0.306 e. The van der Waals surface area contributed by atoms with E-state index in [1.165, 1.54) is 28.3 Å². The van der Waals surface area contributed by atoms with E-state index in [0.29, 0.717) is 41.5 Å². The van der Waals surface area contributed by atoms with E-state index in [-0.39, 0.29) is 11.7 Å². The number of pyridine rings is 1. The molecule has 4 rings (SSSR count). The summed E-state index contributed by atoms with van der Waals surface area (Å²) in [4.78, 5) is 45.6. The molecule has 0 aliphatic carbocycles. The molecule has 0 spiro atoms. The van der Waals surface area contributed by atoms with Crippen molar-refractivity contribution in [1.29, 1.82) is 0 Å². The molecule has 1 aromatic carbocycles. The number of nitrogens with zero attached hydrogens (tertiary/aromatic N) is 4. The first-order valence-corrected chi connectivity index (χ1v) is 10.3. The summed E-state index contributed by atoms with van der Waals surface area (Å²) in [6.45, 7) is 2.36. The fourth-order valence-electron chi connectivity index (χ4n) is 3.14. The molecule has 0 radical (unpaired) electrons. The topological polar surface area (TPSA) is 95.5 Å². The minimum absolute atomic E-state index is 0.0434. The van der Waals surface area contributed by atoms with Crippen molar-refractivity contribution in [1.82, 2.24) is 20.0 Å². The number of ketones is 1. The van der Waals surface area contributed by atoms with E-state index in [0.717, 1.165) is 5.56 Å². The molecule has 3 heterocycles. The second-order valence-corrected chi connectivity index (χ2v) is 7.61. The lowest BCUT2D eigenvalue weighted by molar-refractivity contribution is 0.0399. The lowest BCUT2D eigenvalue weighted by Gasteiger charge is -2.27. The van der Waals surface area contributed by atoms with Gasteiger partial charge in [-0.3, -0.25) is 14.6 Å². The highest BCUT2D eigenvalue weighted by atomic mass is 32.1. The third kappa shape index (κ3) is 4.06. The zero-order chi connectivity index (χ0) is 21.1. The van der Waals surface area contributed by atoms with Crippen LogP contribution >= 0.6 is 11.3 Å². The van der Waals surface area contributed by atoms with Crippen LogP contribution in [0.1, 0.15) is 34.2 Å². The molecule has 1 saturated heterocycles. The van der Waals surface area contributed by atoms with Gasteiger partial charge in [0.1, 0.15) is 10.7 Å². The molecule has 8 nitrogen and oxygen atoms in total. The number of carbonyl (C=O) groups is 3. The first-order chi connectivity index (χ1) is 14.5. The minimum atomic E-state index is -0.404. The summed E-state index contributed by atoms with van der Waals surface area (Å²) in [7, 11) is 0. The van der Waals surface area contributed by atoms with E-state index >= 15 is 0 Å². The second-order valence-electron chi connectivity index (χ2n) is 6.75. The normalized spacial score (nSPS) is 13.4. The minimum Gasteiger partial charge on any atom is -0.306 e. The largest absolute Gasteiger partial charge is 0.340 e. The Morgan fingerprint density at radius 2 is 1.83 bits per heavy atom. The van der Waals surface area contributed by atoms with Gasteiger partial charge in [-0.2, -0.15) is 0 Å². The number of hydrazine groups is 1. The van der Waals surface area contributed by atoms with Crippen LogP contribution in [0.4, 0.5) is 10.5 Å². The van der Waals surface area contributed by atoms with E-state index in [1.54, 1.807) is 42.0 Å². The molecule has 0 unspecified atom stereocenters. The molecular weight excluding hydrogens is 402 g/mol. The predicted octanol–water partition coefficient (Wildman–Crippen LogP) is 3.70. The summed E-state index contributed by atoms with van der Waals surface area (Å²) >= 11 is 1.36. The van der Waals surface area contributed by atoms with E-state index in [2.05, 4.69) is 15.3 Å². The first-order valence-electron chi connectivity index (χ1n) is 9.40. The zero-order valence-corrected chi connectivity index (χ0v) is 17.1. The number of hydrogen-bond acceptors (Lipinski definition) is 6. The first kappa shape index (κ1) is 19.7. The van der Waals surface area contributed by atoms with Crippen LogP contribution in [0.5, 0.6) is 0 Å². The number of thiazole rings is 1. The zero-order valence-electron chi connectivity index (χ0n) is 16.2. The summed E-state index contributed by atoms with van der Waals surface area (Å²) in [5.74, 6) is -0.362. The van der Waals surface area contributed by atoms with E-state index in [9.17, 15) is 14.4 Å². The van der Waals surface area contributed by atoms with Crippen molar-refractivity contribution in [2.75, 3.05) is 18.4 Å². The van der Waals surface area contributed by atoms with Crippen molar-refractivity contribution in [3.63, 3.8) is 0 Å². The van der Waals surface area contributed by atoms with Crippen LogP contribution in [0.15, 0.2) is 54.2 Å². The quantitative estimate of drug-likeness (QED) is 0.648. The monoisotopic (exact) mass is 421 g/mol. The lowest BCUT2D eigenvalue weighted by atomic mass is 10.1. The Balaban J connectivity index is 1.46. The number of hydrogen-bond donors (Lipinski definition) is 1. The maximum atomic E-state index is 13.0. The molecule has 9 heteroatoms. The highest BCUT2D eigenvalue weighted by Crippen LogP contribution is 2.25. The number of amides is 3. The maximum absolute atomic E-state index is 13.0. The van der Waals surface area contributed by atoms with Crippen molar-refractivity contribution >= 4 is 34.7 Å². The third-order valence-electron chi connectivity index (χ3n) is 4.67. The highest BCUT2D eigenvalue weighted by molar-refractivity contribution is 7.13. The van der Waals surface area contributed by atoms with Gasteiger partial charge in [-0.15, -0.1) is 11.3 Å². The highest BCUT2D eigenvalue weighted by Gasteiger charge is 2.32. The van der Waals surface area contributed by atoms with Gasteiger partial charge in [0.15, 0.2) is 5.78 Å². The number of anilines is 1. The van der Waals surface area contributed by atoms with Crippen molar-refractivity contribution in [3.05, 3.63) is 65.4 Å². The Morgan fingerprint density at radius 1 is 1.07 bits per heavy atom. The summed E-state index contributed by atoms with van der Waals surface area (Å²) in [6, 6.07) is 9.93. The molecule has 2 aromatic heterocycles. The van der Waals surface area contributed by atoms with Gasteiger partial charge < -0.3 is 5.32 Å². The van der Waals surface area contributed by atoms with Crippen LogP contribution in [0.3, 0.4) is 0 Å². The number of carbonyl (C=O) groups excluding carboxylic acids is 3. The molecule has 1 fully saturated rings. The molecule has 0 atom stereocenters. The van der Waals surface area contributed by atoms with Crippen LogP contribution in [-0.2, 0) is 0 Å². The van der Waals surface area contributed by atoms with Gasteiger partial charge in [-0.1, -0.05) is 0 Å². The van der Waals surface area contributed by atoms with Crippen LogP contribution in [0.25, 0.3) is 10.6 Å². The van der Waals surface area contributed by atoms with E-state index in [1.807, 2.05) is 12.1 Å². The maximum Gasteiger partial charge on any atom is 0.340 e. The lowest BCUT2D eigenvalue weighted by Crippen LogP contribution is -2.46. The fourth-order valence-corrected chi connectivity index (χ4v) is 3.92. The second kappa shape index (κ2) is 8.42. The number of Topliss-reactive ketones (excluding diaryl/α,β-unsaturated/α-hetero) is 1. The van der Waals surface area contributed by atoms with Gasteiger partial charge in [-0.25, -0.2) is 19.8 Å². The Bertz CT molecular complexity index is 1080. The molecule has 1 aliphatic rings. The van der Waals surface area contributed by atoms with Crippen molar-refractivity contribution < 1.29 is 14.4 Å². The molecule has 30 heavy (non-hydrogen) atoms. The van der Waals surface area contributed by atoms with Gasteiger partial charge in [0.25, 0.3) is 5.91 Å². The summed E-state index contributed by atoms with van der Waals surface area (Å²) in [5, 5.41) is 7.98. The molecule has 3 aromatic rings. The Hall–Kier alpha value is -3.59. The Kier molecular flexibility index (Phi) is 5.53. The Morgan fingerprint density at radius 3 is 2.53 bits per heavy atom. The van der Waals surface area contributed by atoms with Gasteiger partial charge in [-0.05, 0) is 49.7 Å². The molecule has 3 amide bonds. The van der Waals surface area contributed by atoms with E-state index in [4.69, 9.17) is 0 Å². The number of benzene rings is 1. The standard InChI is InChI=1S/C21H19N5O3S/c1-14(27)15-5-7-17(8-6-15)23-21(29)26-11-3-10-25(26)20(28)18-13-30-19(24-18)16-4-2-9-22-12-16/h2,4-9,12-13H,3,10-11H2,1H3,(H,23,29). The fraction of sp³-hybridized carbons (Fsp3) is 0.190. The number of rotatable bonds is 4. The van der Waals surface area contributed by atoms with Crippen molar-refractivity contribution in [2.24, 2.45) is 0 Å². The number of nitrogens with one attached hydrogen (secondary N) is 1. The SMILES string of the molecule is CC(=O)c1ccc(NC(=O)N2CCCN2C(=O)c2csc(-c3cccnc3)n2)cc1. The van der Waals surface area contributed by atoms with Gasteiger partial charge in [0.2, 0.25) is 0 Å². The van der Waals surface area contributed by atoms with Crippen LogP contribution < -0.4 is 5.32 Å². The van der Waals surface area contributed by atoms with Gasteiger partial charge in [0.05, 0.1) is 0 Å². The van der Waals surface area contributed by atoms with Crippen LogP contribution in [0, 0.1) is 0 Å². The summed E-state index contributed by atoms with van der Waals surface area (Å²) in [5.41, 5.74) is 2.26. The summed E-state index contributed by atoms with van der Waals surface area (Å²) in [6.07, 6.45) is 4.06. The molecule has 152 valence electrons. The predicted molar refractivity (Wildman–Crippen MR) is 113 cm³/mol. The molecule has 1 aliphatic heterocycles. The van der Waals surface area contributed by atoms with Crippen LogP contribution in [0.2, 0.25) is 0 Å². The Labute approximate surface area is 177 Å². The molecule has 0 bridgehead atoms. The molecule has 0 saturated carbocycles. The van der Waals surface area contributed by atoms with Gasteiger partial charge in [0, 0.05) is 47.7 Å². The van der Waals surface area contributed by atoms with Gasteiger partial charge >= 0.3 is 6.03 Å². The third-order valence-corrected chi connectivity index (χ3v) is 5.57. The molecular formula is C21H19N5O3S. The number of aromatic nitrogens is 2. The number of urea groups is 1. The average molecular weight is 421 g/mol.